The van der Waals surface area contributed by atoms with Crippen molar-refractivity contribution in [2.24, 2.45) is 0 Å². The normalized spacial score (nSPS) is 13.1. The maximum absolute atomic E-state index is 12.1. The number of hydrogen-bond donors (Lipinski definition) is 2. The van der Waals surface area contributed by atoms with E-state index in [1.807, 2.05) is 13.0 Å². The summed E-state index contributed by atoms with van der Waals surface area (Å²) in [6.45, 7) is 10.5. The van der Waals surface area contributed by atoms with Gasteiger partial charge in [0.1, 0.15) is 0 Å². The van der Waals surface area contributed by atoms with Crippen molar-refractivity contribution >= 4 is 56.3 Å². The Hall–Kier alpha value is -4.46. The van der Waals surface area contributed by atoms with E-state index in [1.165, 1.54) is 19.8 Å². The predicted molar refractivity (Wildman–Crippen MR) is 167 cm³/mol. The van der Waals surface area contributed by atoms with Crippen LogP contribution in [0.1, 0.15) is 85.9 Å². The smallest absolute Gasteiger partial charge is 0.305 e. The maximum atomic E-state index is 12.1. The highest BCUT2D eigenvalue weighted by Gasteiger charge is 2.21. The summed E-state index contributed by atoms with van der Waals surface area (Å²) in [5.74, 6) is -0.523. The van der Waals surface area contributed by atoms with E-state index in [0.29, 0.717) is 12.8 Å². The zero-order valence-electron chi connectivity index (χ0n) is 25.4. The molecular weight excluding hydrogens is 528 g/mol. The number of allylic oxidation sites excluding steroid dienone is 4. The molecule has 3 aromatic heterocycles. The standard InChI is InChI=1S/C34H38N4O4/c1-8-23-19(3)28-16-29-21(5)25(10-12-34(40)42-7)32(38-29)17-31-24(9-11-33(39)41-6)20(4)27(36-31)14-22-13-18(2)26(35-22)15-30(23)37-28/h13-17,35-36H,8-12H2,1-7H3. The van der Waals surface area contributed by atoms with Crippen LogP contribution in [0.25, 0.3) is 44.4 Å². The zero-order valence-corrected chi connectivity index (χ0v) is 25.4. The predicted octanol–water partition coefficient (Wildman–Crippen LogP) is 7.26. The Morgan fingerprint density at radius 3 is 1.93 bits per heavy atom. The van der Waals surface area contributed by atoms with Gasteiger partial charge in [0.05, 0.1) is 37.0 Å². The minimum Gasteiger partial charge on any atom is -0.469 e. The molecule has 5 rings (SSSR count). The second-order valence-electron chi connectivity index (χ2n) is 10.9. The molecule has 0 aromatic carbocycles. The zero-order chi connectivity index (χ0) is 30.1. The van der Waals surface area contributed by atoms with E-state index >= 15 is 0 Å². The van der Waals surface area contributed by atoms with E-state index in [9.17, 15) is 9.59 Å². The molecule has 0 aliphatic carbocycles. The Morgan fingerprint density at radius 2 is 1.29 bits per heavy atom. The molecule has 3 aromatic rings. The third-order valence-electron chi connectivity index (χ3n) is 8.40. The summed E-state index contributed by atoms with van der Waals surface area (Å²) in [7, 11) is 2.81. The molecule has 0 amide bonds. The van der Waals surface area contributed by atoms with Crippen LogP contribution < -0.4 is 0 Å². The topological polar surface area (TPSA) is 110 Å². The van der Waals surface area contributed by atoms with Gasteiger partial charge in [-0.1, -0.05) is 6.92 Å². The van der Waals surface area contributed by atoms with Crippen molar-refractivity contribution in [1.82, 2.24) is 19.9 Å². The molecule has 2 aliphatic heterocycles. The molecular formula is C34H38N4O4. The first-order valence-electron chi connectivity index (χ1n) is 14.4. The van der Waals surface area contributed by atoms with Gasteiger partial charge in [0.25, 0.3) is 0 Å². The summed E-state index contributed by atoms with van der Waals surface area (Å²) in [5.41, 5.74) is 14.9. The molecule has 0 saturated carbocycles. The second kappa shape index (κ2) is 11.8. The minimum atomic E-state index is -0.265. The average molecular weight is 567 g/mol. The molecule has 8 bridgehead atoms. The SMILES string of the molecule is CCC1=C(C)c2cc3nc(cc4[nH]c(cc5cc(C)c(cc1n2)[nH]5)c(C)c4CCC(=O)OC)C(CCC(=O)OC)=C3C. The number of carbonyl (C=O) groups is 2. The Balaban J connectivity index is 1.85. The van der Waals surface area contributed by atoms with Crippen molar-refractivity contribution in [1.29, 1.82) is 0 Å². The maximum Gasteiger partial charge on any atom is 0.305 e. The van der Waals surface area contributed by atoms with Crippen molar-refractivity contribution in [2.45, 2.75) is 66.7 Å². The van der Waals surface area contributed by atoms with Crippen LogP contribution in [0.2, 0.25) is 0 Å². The summed E-state index contributed by atoms with van der Waals surface area (Å²) in [6, 6.07) is 10.4. The van der Waals surface area contributed by atoms with E-state index in [-0.39, 0.29) is 24.8 Å². The van der Waals surface area contributed by atoms with Crippen LogP contribution in [0.4, 0.5) is 0 Å². The lowest BCUT2D eigenvalue weighted by molar-refractivity contribution is -0.141. The van der Waals surface area contributed by atoms with Gasteiger partial charge in [0, 0.05) is 34.9 Å². The monoisotopic (exact) mass is 566 g/mol. The Bertz CT molecular complexity index is 1820. The first-order chi connectivity index (χ1) is 20.1. The fraction of sp³-hybridized carbons (Fsp3) is 0.353. The number of H-pyrrole nitrogens is 2. The average Bonchev–Trinajstić information content (AvgIpc) is 3.65. The summed E-state index contributed by atoms with van der Waals surface area (Å²) < 4.78 is 9.87. The van der Waals surface area contributed by atoms with Crippen LogP contribution in [0.15, 0.2) is 30.3 Å². The van der Waals surface area contributed by atoms with Crippen LogP contribution in [0, 0.1) is 13.8 Å². The van der Waals surface area contributed by atoms with E-state index in [1.54, 1.807) is 0 Å². The first kappa shape index (κ1) is 29.0. The molecule has 2 N–H and O–H groups in total. The molecule has 0 atom stereocenters. The third-order valence-corrected chi connectivity index (χ3v) is 8.40. The summed E-state index contributed by atoms with van der Waals surface area (Å²) in [6.07, 6.45) is 2.40. The molecule has 5 heterocycles. The molecule has 8 nitrogen and oxygen atoms in total. The Kier molecular flexibility index (Phi) is 8.16. The molecule has 0 fully saturated rings. The molecule has 0 radical (unpaired) electrons. The number of ether oxygens (including phenoxy) is 2. The van der Waals surface area contributed by atoms with Gasteiger partial charge in [-0.2, -0.15) is 0 Å². The van der Waals surface area contributed by atoms with Gasteiger partial charge in [0.15, 0.2) is 0 Å². The number of rotatable bonds is 7. The third kappa shape index (κ3) is 5.53. The number of methoxy groups -OCH3 is 2. The highest BCUT2D eigenvalue weighted by Crippen LogP contribution is 2.37. The Morgan fingerprint density at radius 1 is 0.690 bits per heavy atom. The van der Waals surface area contributed by atoms with Crippen LogP contribution in [-0.2, 0) is 25.5 Å². The summed E-state index contributed by atoms with van der Waals surface area (Å²) >= 11 is 0. The number of aromatic amines is 2. The lowest BCUT2D eigenvalue weighted by atomic mass is 9.99. The van der Waals surface area contributed by atoms with Gasteiger partial charge in [-0.25, -0.2) is 9.97 Å². The molecule has 0 unspecified atom stereocenters. The lowest BCUT2D eigenvalue weighted by Crippen LogP contribution is -2.02. The van der Waals surface area contributed by atoms with Crippen LogP contribution in [-0.4, -0.2) is 46.1 Å². The molecule has 0 spiro atoms. The highest BCUT2D eigenvalue weighted by atomic mass is 16.5. The van der Waals surface area contributed by atoms with Crippen LogP contribution >= 0.6 is 0 Å². The van der Waals surface area contributed by atoms with Crippen molar-refractivity contribution in [3.8, 4) is 0 Å². The van der Waals surface area contributed by atoms with Crippen LogP contribution in [0.3, 0.4) is 0 Å². The first-order valence-corrected chi connectivity index (χ1v) is 14.4. The number of carbonyl (C=O) groups excluding carboxylic acids is 2. The van der Waals surface area contributed by atoms with Crippen molar-refractivity contribution in [2.75, 3.05) is 14.2 Å². The molecule has 42 heavy (non-hydrogen) atoms. The number of esters is 2. The number of nitrogens with one attached hydrogen (secondary N) is 2. The number of hydrogen-bond acceptors (Lipinski definition) is 6. The minimum absolute atomic E-state index is 0.252. The van der Waals surface area contributed by atoms with Gasteiger partial charge in [-0.3, -0.25) is 9.59 Å². The van der Waals surface area contributed by atoms with E-state index in [4.69, 9.17) is 19.4 Å². The van der Waals surface area contributed by atoms with Gasteiger partial charge in [-0.05, 0) is 116 Å². The summed E-state index contributed by atoms with van der Waals surface area (Å²) in [4.78, 5) is 41.5. The number of nitrogens with zero attached hydrogens (tertiary/aromatic N) is 2. The fourth-order valence-electron chi connectivity index (χ4n) is 5.85. The van der Waals surface area contributed by atoms with Crippen molar-refractivity contribution in [3.63, 3.8) is 0 Å². The quantitative estimate of drug-likeness (QED) is 0.291. The van der Waals surface area contributed by atoms with E-state index < -0.39 is 0 Å². The number of aryl methyl sites for hydroxylation is 3. The Labute approximate surface area is 245 Å². The fourth-order valence-corrected chi connectivity index (χ4v) is 5.85. The highest BCUT2D eigenvalue weighted by molar-refractivity contribution is 5.96. The van der Waals surface area contributed by atoms with Crippen LogP contribution in [0.5, 0.6) is 0 Å². The van der Waals surface area contributed by atoms with E-state index in [0.717, 1.165) is 84.7 Å². The van der Waals surface area contributed by atoms with Gasteiger partial charge in [-0.15, -0.1) is 0 Å². The molecule has 0 saturated heterocycles. The van der Waals surface area contributed by atoms with Crippen molar-refractivity contribution in [3.05, 3.63) is 69.8 Å². The molecule has 2 aliphatic rings. The largest absolute Gasteiger partial charge is 0.469 e. The van der Waals surface area contributed by atoms with E-state index in [2.05, 4.69) is 61.9 Å². The van der Waals surface area contributed by atoms with Gasteiger partial charge in [0.2, 0.25) is 0 Å². The lowest BCUT2D eigenvalue weighted by Gasteiger charge is -2.04. The number of fused-ring (bicyclic) bond motifs is 8. The molecule has 218 valence electrons. The van der Waals surface area contributed by atoms with Crippen molar-refractivity contribution < 1.29 is 19.1 Å². The number of aromatic nitrogens is 4. The van der Waals surface area contributed by atoms with Gasteiger partial charge < -0.3 is 19.4 Å². The van der Waals surface area contributed by atoms with Gasteiger partial charge >= 0.3 is 11.9 Å². The second-order valence-corrected chi connectivity index (χ2v) is 10.9. The summed E-state index contributed by atoms with van der Waals surface area (Å²) in [5, 5.41) is 0. The molecule has 8 heteroatoms.